The number of nitrogens with two attached hydrogens (primary N) is 1. The highest BCUT2D eigenvalue weighted by molar-refractivity contribution is 6.18. The highest BCUT2D eigenvalue weighted by atomic mass is 35.5. The summed E-state index contributed by atoms with van der Waals surface area (Å²) in [5.74, 6) is -0.185. The number of alkyl halides is 2. The summed E-state index contributed by atoms with van der Waals surface area (Å²) in [4.78, 5) is 15.4. The minimum atomic E-state index is -2.17. The molecule has 1 aromatic heterocycles. The maximum Gasteiger partial charge on any atom is 0.349 e. The van der Waals surface area contributed by atoms with Gasteiger partial charge in [-0.1, -0.05) is 0 Å². The highest BCUT2D eigenvalue weighted by Gasteiger charge is 2.82. The standard InChI is InChI=1S/C12H15ClFN3O4/c1-5-2-17(10(20)16-8(5)15)6-7-12(6,14)9(19)11(3-13,4-18)21-7/h2,6-7,9,18-19H,3-4H2,1H3,(H2,15,16,20). The van der Waals surface area contributed by atoms with Crippen LogP contribution in [0.5, 0.6) is 0 Å². The Morgan fingerprint density at radius 1 is 1.67 bits per heavy atom. The molecule has 3 rings (SSSR count). The van der Waals surface area contributed by atoms with E-state index in [9.17, 15) is 19.4 Å². The van der Waals surface area contributed by atoms with Gasteiger partial charge in [0.15, 0.2) is 5.67 Å². The lowest BCUT2D eigenvalue weighted by Crippen LogP contribution is -2.52. The molecule has 9 heteroatoms. The van der Waals surface area contributed by atoms with Crippen LogP contribution in [-0.4, -0.2) is 55.7 Å². The number of aromatic nitrogens is 2. The minimum Gasteiger partial charge on any atom is -0.393 e. The molecule has 7 nitrogen and oxygen atoms in total. The Balaban J connectivity index is 1.98. The van der Waals surface area contributed by atoms with Crippen LogP contribution in [0.3, 0.4) is 0 Å². The van der Waals surface area contributed by atoms with Crippen molar-refractivity contribution in [2.24, 2.45) is 0 Å². The van der Waals surface area contributed by atoms with Crippen molar-refractivity contribution in [3.8, 4) is 0 Å². The number of hydrogen-bond donors (Lipinski definition) is 3. The molecule has 1 aliphatic heterocycles. The molecule has 0 radical (unpaired) electrons. The lowest BCUT2D eigenvalue weighted by atomic mass is 9.95. The number of halogens is 2. The van der Waals surface area contributed by atoms with Crippen LogP contribution < -0.4 is 11.4 Å². The third-order valence-electron chi connectivity index (χ3n) is 4.31. The van der Waals surface area contributed by atoms with Crippen molar-refractivity contribution in [2.45, 2.75) is 36.4 Å². The van der Waals surface area contributed by atoms with Crippen molar-refractivity contribution in [2.75, 3.05) is 18.2 Å². The van der Waals surface area contributed by atoms with E-state index >= 15 is 0 Å². The minimum absolute atomic E-state index is 0.0712. The van der Waals surface area contributed by atoms with E-state index in [1.54, 1.807) is 6.92 Å². The number of hydrogen-bond acceptors (Lipinski definition) is 6. The quantitative estimate of drug-likeness (QED) is 0.624. The first-order valence-electron chi connectivity index (χ1n) is 6.38. The monoisotopic (exact) mass is 319 g/mol. The van der Waals surface area contributed by atoms with Gasteiger partial charge in [-0.05, 0) is 6.92 Å². The van der Waals surface area contributed by atoms with E-state index in [0.717, 1.165) is 4.57 Å². The van der Waals surface area contributed by atoms with Gasteiger partial charge in [0.1, 0.15) is 29.7 Å². The molecule has 2 heterocycles. The van der Waals surface area contributed by atoms with Crippen LogP contribution in [0, 0.1) is 6.92 Å². The van der Waals surface area contributed by atoms with Crippen molar-refractivity contribution in [3.05, 3.63) is 22.2 Å². The van der Waals surface area contributed by atoms with Gasteiger partial charge in [-0.25, -0.2) is 9.18 Å². The molecule has 5 atom stereocenters. The Bertz CT molecular complexity index is 650. The molecule has 1 aromatic rings. The number of nitrogen functional groups attached to an aromatic ring is 1. The molecule has 4 N–H and O–H groups in total. The van der Waals surface area contributed by atoms with Crippen LogP contribution in [0.2, 0.25) is 0 Å². The van der Waals surface area contributed by atoms with Gasteiger partial charge in [0.2, 0.25) is 0 Å². The molecule has 5 unspecified atom stereocenters. The molecule has 2 fully saturated rings. The number of anilines is 1. The van der Waals surface area contributed by atoms with Crippen LogP contribution in [0.1, 0.15) is 11.6 Å². The fourth-order valence-corrected chi connectivity index (χ4v) is 3.22. The number of aryl methyl sites for hydroxylation is 1. The first-order valence-corrected chi connectivity index (χ1v) is 6.92. The van der Waals surface area contributed by atoms with Crippen molar-refractivity contribution >= 4 is 17.4 Å². The zero-order valence-corrected chi connectivity index (χ0v) is 11.9. The van der Waals surface area contributed by atoms with E-state index in [1.807, 2.05) is 0 Å². The van der Waals surface area contributed by atoms with E-state index < -0.39 is 41.8 Å². The molecule has 0 amide bonds. The Kier molecular flexibility index (Phi) is 3.07. The van der Waals surface area contributed by atoms with E-state index in [2.05, 4.69) is 4.98 Å². The fourth-order valence-electron chi connectivity index (χ4n) is 2.93. The van der Waals surface area contributed by atoms with Gasteiger partial charge in [-0.15, -0.1) is 11.6 Å². The Labute approximate surface area is 124 Å². The predicted octanol–water partition coefficient (Wildman–Crippen LogP) is -0.873. The van der Waals surface area contributed by atoms with Gasteiger partial charge in [0.05, 0.1) is 12.5 Å². The van der Waals surface area contributed by atoms with Gasteiger partial charge in [0, 0.05) is 11.8 Å². The molecular weight excluding hydrogens is 305 g/mol. The Morgan fingerprint density at radius 2 is 2.33 bits per heavy atom. The van der Waals surface area contributed by atoms with Gasteiger partial charge in [-0.2, -0.15) is 4.98 Å². The number of aliphatic hydroxyl groups excluding tert-OH is 2. The molecule has 2 aliphatic rings. The molecule has 0 bridgehead atoms. The summed E-state index contributed by atoms with van der Waals surface area (Å²) >= 11 is 5.67. The summed E-state index contributed by atoms with van der Waals surface area (Å²) in [6.45, 7) is 1.02. The van der Waals surface area contributed by atoms with Crippen LogP contribution in [-0.2, 0) is 4.74 Å². The predicted molar refractivity (Wildman–Crippen MR) is 71.9 cm³/mol. The van der Waals surface area contributed by atoms with Crippen LogP contribution >= 0.6 is 11.6 Å². The van der Waals surface area contributed by atoms with Crippen LogP contribution in [0.25, 0.3) is 0 Å². The number of nitrogens with zero attached hydrogens (tertiary/aromatic N) is 2. The molecule has 21 heavy (non-hydrogen) atoms. The first-order chi connectivity index (χ1) is 9.81. The van der Waals surface area contributed by atoms with Crippen molar-refractivity contribution in [3.63, 3.8) is 0 Å². The smallest absolute Gasteiger partial charge is 0.349 e. The van der Waals surface area contributed by atoms with E-state index in [4.69, 9.17) is 22.1 Å². The molecule has 1 saturated carbocycles. The zero-order valence-electron chi connectivity index (χ0n) is 11.2. The third kappa shape index (κ3) is 1.70. The molecule has 1 saturated heterocycles. The fraction of sp³-hybridized carbons (Fsp3) is 0.667. The number of fused-ring (bicyclic) bond motifs is 1. The van der Waals surface area contributed by atoms with Gasteiger partial charge in [-0.3, -0.25) is 4.57 Å². The van der Waals surface area contributed by atoms with Crippen molar-refractivity contribution in [1.82, 2.24) is 9.55 Å². The normalized spacial score (nSPS) is 41.1. The summed E-state index contributed by atoms with van der Waals surface area (Å²) in [7, 11) is 0. The number of aliphatic hydroxyl groups is 2. The molecule has 0 aromatic carbocycles. The van der Waals surface area contributed by atoms with E-state index in [-0.39, 0.29) is 11.7 Å². The summed E-state index contributed by atoms with van der Waals surface area (Å²) in [5, 5.41) is 19.4. The maximum atomic E-state index is 14.9. The Morgan fingerprint density at radius 3 is 2.81 bits per heavy atom. The summed E-state index contributed by atoms with van der Waals surface area (Å²) < 4.78 is 21.4. The van der Waals surface area contributed by atoms with Crippen molar-refractivity contribution in [1.29, 1.82) is 0 Å². The molecule has 116 valence electrons. The van der Waals surface area contributed by atoms with E-state index in [0.29, 0.717) is 5.56 Å². The third-order valence-corrected chi connectivity index (χ3v) is 4.77. The van der Waals surface area contributed by atoms with Gasteiger partial charge in [0.25, 0.3) is 0 Å². The maximum absolute atomic E-state index is 14.9. The topological polar surface area (TPSA) is 111 Å². The largest absolute Gasteiger partial charge is 0.393 e. The lowest BCUT2D eigenvalue weighted by Gasteiger charge is -2.32. The summed E-state index contributed by atoms with van der Waals surface area (Å²) in [6.07, 6.45) is -1.31. The zero-order chi connectivity index (χ0) is 15.6. The Hall–Kier alpha value is -1.22. The first kappa shape index (κ1) is 14.7. The van der Waals surface area contributed by atoms with Gasteiger partial charge < -0.3 is 20.7 Å². The number of rotatable bonds is 3. The van der Waals surface area contributed by atoms with Crippen molar-refractivity contribution < 1.29 is 19.3 Å². The molecular formula is C12H15ClFN3O4. The second-order valence-corrected chi connectivity index (χ2v) is 5.84. The van der Waals surface area contributed by atoms with Crippen LogP contribution in [0.4, 0.5) is 10.2 Å². The summed E-state index contributed by atoms with van der Waals surface area (Å²) in [5.41, 5.74) is 1.60. The lowest BCUT2D eigenvalue weighted by molar-refractivity contribution is -0.117. The number of ether oxygens (including phenoxy) is 1. The van der Waals surface area contributed by atoms with Gasteiger partial charge >= 0.3 is 5.69 Å². The van der Waals surface area contributed by atoms with Crippen LogP contribution in [0.15, 0.2) is 11.0 Å². The molecule has 0 spiro atoms. The average molecular weight is 320 g/mol. The summed E-state index contributed by atoms with van der Waals surface area (Å²) in [6, 6.07) is -1.00. The highest BCUT2D eigenvalue weighted by Crippen LogP contribution is 2.63. The average Bonchev–Trinajstić information content (AvgIpc) is 2.96. The second-order valence-electron chi connectivity index (χ2n) is 5.57. The SMILES string of the molecule is Cc1cn(C2C3OC(CO)(CCl)C(O)C32F)c(=O)nc1N. The molecule has 1 aliphatic carbocycles. The van der Waals surface area contributed by atoms with E-state index in [1.165, 1.54) is 6.20 Å². The second kappa shape index (κ2) is 4.39.